The lowest BCUT2D eigenvalue weighted by Gasteiger charge is -2.09. The monoisotopic (exact) mass is 264 g/mol. The van der Waals surface area contributed by atoms with E-state index < -0.39 is 0 Å². The fourth-order valence-corrected chi connectivity index (χ4v) is 1.41. The summed E-state index contributed by atoms with van der Waals surface area (Å²) in [7, 11) is 0. The number of carbonyl (C=O) groups excluding carboxylic acids is 2. The Bertz CT molecular complexity index is 427. The molecule has 104 valence electrons. The molecule has 0 atom stereocenters. The number of carbonyl (C=O) groups is 2. The molecular formula is C14H20N2O3. The molecule has 0 aliphatic heterocycles. The number of rotatable bonds is 5. The van der Waals surface area contributed by atoms with Crippen LogP contribution in [0.2, 0.25) is 0 Å². The second kappa shape index (κ2) is 7.41. The van der Waals surface area contributed by atoms with E-state index in [0.717, 1.165) is 5.56 Å². The first kappa shape index (κ1) is 15.0. The van der Waals surface area contributed by atoms with Crippen LogP contribution in [0.25, 0.3) is 0 Å². The van der Waals surface area contributed by atoms with Crippen molar-refractivity contribution in [1.82, 2.24) is 5.32 Å². The molecule has 2 N–H and O–H groups in total. The summed E-state index contributed by atoms with van der Waals surface area (Å²) in [5.41, 5.74) is 1.84. The zero-order valence-corrected chi connectivity index (χ0v) is 11.5. The number of aryl methyl sites for hydroxylation is 1. The number of urea groups is 1. The van der Waals surface area contributed by atoms with Crippen molar-refractivity contribution in [3.63, 3.8) is 0 Å². The first-order valence-corrected chi connectivity index (χ1v) is 6.28. The summed E-state index contributed by atoms with van der Waals surface area (Å²) >= 11 is 0. The van der Waals surface area contributed by atoms with Crippen LogP contribution in [0.4, 0.5) is 10.5 Å². The van der Waals surface area contributed by atoms with Gasteiger partial charge >= 0.3 is 12.0 Å². The van der Waals surface area contributed by atoms with Crippen molar-refractivity contribution in [3.8, 4) is 0 Å². The third-order valence-corrected chi connectivity index (χ3v) is 2.29. The molecule has 1 rings (SSSR count). The second-order valence-corrected chi connectivity index (χ2v) is 4.54. The van der Waals surface area contributed by atoms with Gasteiger partial charge in [-0.1, -0.05) is 17.7 Å². The smallest absolute Gasteiger partial charge is 0.319 e. The lowest BCUT2D eigenvalue weighted by Crippen LogP contribution is -2.31. The Kier molecular flexibility index (Phi) is 5.85. The summed E-state index contributed by atoms with van der Waals surface area (Å²) in [5.74, 6) is -0.314. The van der Waals surface area contributed by atoms with E-state index in [-0.39, 0.29) is 31.1 Å². The summed E-state index contributed by atoms with van der Waals surface area (Å²) in [6.45, 7) is 5.80. The normalized spacial score (nSPS) is 10.1. The number of anilines is 1. The van der Waals surface area contributed by atoms with Gasteiger partial charge in [-0.2, -0.15) is 0 Å². The molecule has 5 nitrogen and oxygen atoms in total. The standard InChI is InChI=1S/C14H20N2O3/c1-10(2)19-13(17)8-9-15-14(18)16-12-6-4-11(3)5-7-12/h4-7,10H,8-9H2,1-3H3,(H2,15,16,18). The average molecular weight is 264 g/mol. The van der Waals surface area contributed by atoms with Crippen LogP contribution in [0.3, 0.4) is 0 Å². The molecule has 0 aromatic heterocycles. The third kappa shape index (κ3) is 6.45. The highest BCUT2D eigenvalue weighted by Crippen LogP contribution is 2.07. The lowest BCUT2D eigenvalue weighted by atomic mass is 10.2. The van der Waals surface area contributed by atoms with Crippen LogP contribution in [0.5, 0.6) is 0 Å². The van der Waals surface area contributed by atoms with Crippen LogP contribution in [0.15, 0.2) is 24.3 Å². The van der Waals surface area contributed by atoms with Gasteiger partial charge in [0.2, 0.25) is 0 Å². The predicted molar refractivity (Wildman–Crippen MR) is 74.0 cm³/mol. The minimum Gasteiger partial charge on any atom is -0.463 e. The second-order valence-electron chi connectivity index (χ2n) is 4.54. The van der Waals surface area contributed by atoms with Crippen molar-refractivity contribution >= 4 is 17.7 Å². The molecule has 0 fully saturated rings. The molecule has 0 unspecified atom stereocenters. The maximum absolute atomic E-state index is 11.5. The molecule has 0 aliphatic carbocycles. The number of esters is 1. The van der Waals surface area contributed by atoms with Gasteiger partial charge in [-0.3, -0.25) is 4.79 Å². The Morgan fingerprint density at radius 3 is 2.42 bits per heavy atom. The minimum atomic E-state index is -0.332. The molecule has 0 heterocycles. The topological polar surface area (TPSA) is 67.4 Å². The number of amides is 2. The van der Waals surface area contributed by atoms with E-state index in [4.69, 9.17) is 4.74 Å². The van der Waals surface area contributed by atoms with E-state index in [9.17, 15) is 9.59 Å². The Morgan fingerprint density at radius 2 is 1.84 bits per heavy atom. The molecule has 0 aliphatic rings. The van der Waals surface area contributed by atoms with Crippen molar-refractivity contribution in [3.05, 3.63) is 29.8 Å². The Morgan fingerprint density at radius 1 is 1.21 bits per heavy atom. The maximum Gasteiger partial charge on any atom is 0.319 e. The number of hydrogen-bond donors (Lipinski definition) is 2. The van der Waals surface area contributed by atoms with Crippen LogP contribution in [0.1, 0.15) is 25.8 Å². The lowest BCUT2D eigenvalue weighted by molar-refractivity contribution is -0.147. The van der Waals surface area contributed by atoms with Crippen molar-refractivity contribution in [2.24, 2.45) is 0 Å². The number of nitrogens with one attached hydrogen (secondary N) is 2. The van der Waals surface area contributed by atoms with Crippen molar-refractivity contribution < 1.29 is 14.3 Å². The van der Waals surface area contributed by atoms with Gasteiger partial charge in [0.15, 0.2) is 0 Å². The van der Waals surface area contributed by atoms with Crippen LogP contribution in [-0.2, 0) is 9.53 Å². The summed E-state index contributed by atoms with van der Waals surface area (Å²) in [6.07, 6.45) is 0.0355. The highest BCUT2D eigenvalue weighted by molar-refractivity contribution is 5.89. The first-order chi connectivity index (χ1) is 8.97. The zero-order valence-electron chi connectivity index (χ0n) is 11.5. The molecule has 19 heavy (non-hydrogen) atoms. The van der Waals surface area contributed by atoms with Gasteiger partial charge < -0.3 is 15.4 Å². The van der Waals surface area contributed by atoms with Crippen LogP contribution >= 0.6 is 0 Å². The first-order valence-electron chi connectivity index (χ1n) is 6.28. The maximum atomic E-state index is 11.5. The van der Waals surface area contributed by atoms with E-state index >= 15 is 0 Å². The fourth-order valence-electron chi connectivity index (χ4n) is 1.41. The van der Waals surface area contributed by atoms with Gasteiger partial charge in [0.25, 0.3) is 0 Å². The number of benzene rings is 1. The largest absolute Gasteiger partial charge is 0.463 e. The molecule has 5 heteroatoms. The van der Waals surface area contributed by atoms with E-state index in [1.54, 1.807) is 13.8 Å². The Labute approximate surface area is 113 Å². The summed E-state index contributed by atoms with van der Waals surface area (Å²) in [6, 6.07) is 7.14. The summed E-state index contributed by atoms with van der Waals surface area (Å²) in [5, 5.41) is 5.28. The van der Waals surface area contributed by atoms with Crippen LogP contribution in [0, 0.1) is 6.92 Å². The van der Waals surface area contributed by atoms with E-state index in [1.165, 1.54) is 0 Å². The van der Waals surface area contributed by atoms with Gasteiger partial charge in [0, 0.05) is 12.2 Å². The highest BCUT2D eigenvalue weighted by Gasteiger charge is 2.06. The molecule has 0 saturated carbocycles. The molecule has 0 bridgehead atoms. The van der Waals surface area contributed by atoms with Crippen molar-refractivity contribution in [2.45, 2.75) is 33.3 Å². The molecule has 0 spiro atoms. The number of hydrogen-bond acceptors (Lipinski definition) is 3. The van der Waals surface area contributed by atoms with Crippen LogP contribution < -0.4 is 10.6 Å². The molecule has 1 aromatic carbocycles. The molecule has 2 amide bonds. The SMILES string of the molecule is Cc1ccc(NC(=O)NCCC(=O)OC(C)C)cc1. The Hall–Kier alpha value is -2.04. The average Bonchev–Trinajstić information content (AvgIpc) is 2.31. The zero-order chi connectivity index (χ0) is 14.3. The van der Waals surface area contributed by atoms with E-state index in [0.29, 0.717) is 5.69 Å². The van der Waals surface area contributed by atoms with Crippen molar-refractivity contribution in [1.29, 1.82) is 0 Å². The third-order valence-electron chi connectivity index (χ3n) is 2.29. The summed E-state index contributed by atoms with van der Waals surface area (Å²) in [4.78, 5) is 22.8. The van der Waals surface area contributed by atoms with Crippen molar-refractivity contribution in [2.75, 3.05) is 11.9 Å². The number of ether oxygens (including phenoxy) is 1. The highest BCUT2D eigenvalue weighted by atomic mass is 16.5. The van der Waals surface area contributed by atoms with Crippen LogP contribution in [-0.4, -0.2) is 24.6 Å². The van der Waals surface area contributed by atoms with Gasteiger partial charge in [-0.15, -0.1) is 0 Å². The van der Waals surface area contributed by atoms with Gasteiger partial charge in [-0.25, -0.2) is 4.79 Å². The van der Waals surface area contributed by atoms with Gasteiger partial charge in [0.1, 0.15) is 0 Å². The molecular weight excluding hydrogens is 244 g/mol. The van der Waals surface area contributed by atoms with Gasteiger partial charge in [0.05, 0.1) is 12.5 Å². The predicted octanol–water partition coefficient (Wildman–Crippen LogP) is 2.46. The minimum absolute atomic E-state index is 0.131. The molecule has 1 aromatic rings. The summed E-state index contributed by atoms with van der Waals surface area (Å²) < 4.78 is 4.95. The van der Waals surface area contributed by atoms with E-state index in [2.05, 4.69) is 10.6 Å². The fraction of sp³-hybridized carbons (Fsp3) is 0.429. The molecule has 0 saturated heterocycles. The quantitative estimate of drug-likeness (QED) is 0.803. The Balaban J connectivity index is 2.25. The van der Waals surface area contributed by atoms with Gasteiger partial charge in [-0.05, 0) is 32.9 Å². The molecule has 0 radical (unpaired) electrons. The van der Waals surface area contributed by atoms with E-state index in [1.807, 2.05) is 31.2 Å².